The smallest absolute Gasteiger partial charge is 0.0722 e. The summed E-state index contributed by atoms with van der Waals surface area (Å²) in [5, 5.41) is 12.0. The second-order valence-electron chi connectivity index (χ2n) is 7.04. The molecule has 2 aliphatic heterocycles. The van der Waals surface area contributed by atoms with Gasteiger partial charge in [0.2, 0.25) is 0 Å². The van der Waals surface area contributed by atoms with Crippen LogP contribution in [-0.2, 0) is 4.74 Å². The Balaban J connectivity index is 1.72. The Morgan fingerprint density at radius 3 is 3.04 bits per heavy atom. The Morgan fingerprint density at radius 1 is 1.30 bits per heavy atom. The van der Waals surface area contributed by atoms with Crippen LogP contribution in [0.1, 0.15) is 26.2 Å². The maximum atomic E-state index is 10.9. The Kier molecular flexibility index (Phi) is 3.74. The largest absolute Gasteiger partial charge is 0.390 e. The van der Waals surface area contributed by atoms with Gasteiger partial charge in [0.25, 0.3) is 0 Å². The van der Waals surface area contributed by atoms with Gasteiger partial charge in [-0.1, -0.05) is 18.2 Å². The molecule has 0 aliphatic carbocycles. The summed E-state index contributed by atoms with van der Waals surface area (Å²) in [5.41, 5.74) is 1.62. The molecule has 3 heterocycles. The summed E-state index contributed by atoms with van der Waals surface area (Å²) in [7, 11) is 0. The average Bonchev–Trinajstić information content (AvgIpc) is 3.03. The molecule has 1 aromatic carbocycles. The van der Waals surface area contributed by atoms with Crippen molar-refractivity contribution in [3.05, 3.63) is 36.5 Å². The van der Waals surface area contributed by atoms with Gasteiger partial charge in [-0.15, -0.1) is 0 Å². The van der Waals surface area contributed by atoms with Crippen LogP contribution in [-0.4, -0.2) is 41.5 Å². The van der Waals surface area contributed by atoms with E-state index in [-0.39, 0.29) is 5.92 Å². The topological polar surface area (TPSA) is 45.6 Å². The molecule has 0 radical (unpaired) electrons. The minimum Gasteiger partial charge on any atom is -0.390 e. The van der Waals surface area contributed by atoms with Crippen LogP contribution in [0, 0.1) is 5.92 Å². The quantitative estimate of drug-likeness (QED) is 0.926. The molecule has 0 amide bonds. The number of rotatable bonds is 2. The molecule has 4 heteroatoms. The molecule has 4 rings (SSSR count). The molecule has 0 unspecified atom stereocenters. The molecule has 1 aromatic heterocycles. The standard InChI is InChI=1S/C19H24N2O2/c1-19(22)9-12-23-13-15(19)18-7-4-11-21(18)17-8-10-20-16-6-3-2-5-14(16)17/h2-3,5-6,8,10,15,18,22H,4,7,9,11-13H2,1H3/t15-,18-,19-/m0/s1. The summed E-state index contributed by atoms with van der Waals surface area (Å²) in [5.74, 6) is 0.158. The van der Waals surface area contributed by atoms with E-state index in [1.807, 2.05) is 19.2 Å². The molecule has 2 saturated heterocycles. The Bertz CT molecular complexity index is 695. The van der Waals surface area contributed by atoms with Crippen molar-refractivity contribution in [1.29, 1.82) is 0 Å². The molecule has 0 spiro atoms. The summed E-state index contributed by atoms with van der Waals surface area (Å²) in [6.45, 7) is 4.32. The van der Waals surface area contributed by atoms with Crippen LogP contribution in [0.5, 0.6) is 0 Å². The van der Waals surface area contributed by atoms with Crippen molar-refractivity contribution in [2.75, 3.05) is 24.7 Å². The Morgan fingerprint density at radius 2 is 2.17 bits per heavy atom. The predicted octanol–water partition coefficient (Wildman–Crippen LogP) is 2.99. The highest BCUT2D eigenvalue weighted by Crippen LogP contribution is 2.39. The van der Waals surface area contributed by atoms with Gasteiger partial charge in [0.1, 0.15) is 0 Å². The van der Waals surface area contributed by atoms with Crippen LogP contribution < -0.4 is 4.90 Å². The summed E-state index contributed by atoms with van der Waals surface area (Å²) >= 11 is 0. The first-order chi connectivity index (χ1) is 11.2. The molecule has 1 N–H and O–H groups in total. The number of aliphatic hydroxyl groups is 1. The fourth-order valence-electron chi connectivity index (χ4n) is 4.22. The predicted molar refractivity (Wildman–Crippen MR) is 91.7 cm³/mol. The normalized spacial score (nSPS) is 31.7. The zero-order valence-electron chi connectivity index (χ0n) is 13.6. The van der Waals surface area contributed by atoms with Crippen molar-refractivity contribution in [2.24, 2.45) is 5.92 Å². The molecule has 122 valence electrons. The number of aromatic nitrogens is 1. The average molecular weight is 312 g/mol. The van der Waals surface area contributed by atoms with E-state index in [0.717, 1.165) is 31.3 Å². The second kappa shape index (κ2) is 5.77. The van der Waals surface area contributed by atoms with Crippen LogP contribution >= 0.6 is 0 Å². The lowest BCUT2D eigenvalue weighted by molar-refractivity contribution is -0.108. The van der Waals surface area contributed by atoms with E-state index >= 15 is 0 Å². The SMILES string of the molecule is C[C@]1(O)CCOC[C@H]1[C@@H]1CCCN1c1ccnc2ccccc12. The van der Waals surface area contributed by atoms with E-state index in [1.54, 1.807) is 0 Å². The van der Waals surface area contributed by atoms with Crippen LogP contribution in [0.25, 0.3) is 10.9 Å². The van der Waals surface area contributed by atoms with E-state index in [1.165, 1.54) is 11.1 Å². The second-order valence-corrected chi connectivity index (χ2v) is 7.04. The van der Waals surface area contributed by atoms with Crippen LogP contribution in [0.15, 0.2) is 36.5 Å². The van der Waals surface area contributed by atoms with Gasteiger partial charge in [0, 0.05) is 42.4 Å². The first-order valence-corrected chi connectivity index (χ1v) is 8.57. The number of anilines is 1. The highest BCUT2D eigenvalue weighted by Gasteiger charge is 2.44. The zero-order valence-corrected chi connectivity index (χ0v) is 13.6. The molecule has 0 saturated carbocycles. The molecule has 0 bridgehead atoms. The Labute approximate surface area is 137 Å². The van der Waals surface area contributed by atoms with Gasteiger partial charge in [-0.3, -0.25) is 4.98 Å². The minimum atomic E-state index is -0.645. The highest BCUT2D eigenvalue weighted by atomic mass is 16.5. The van der Waals surface area contributed by atoms with Gasteiger partial charge in [-0.2, -0.15) is 0 Å². The third-order valence-electron chi connectivity index (χ3n) is 5.55. The lowest BCUT2D eigenvalue weighted by atomic mass is 9.79. The number of hydrogen-bond donors (Lipinski definition) is 1. The third-order valence-corrected chi connectivity index (χ3v) is 5.55. The summed E-state index contributed by atoms with van der Waals surface area (Å²) in [4.78, 5) is 6.95. The molecule has 2 fully saturated rings. The van der Waals surface area contributed by atoms with E-state index in [0.29, 0.717) is 19.3 Å². The molecule has 4 nitrogen and oxygen atoms in total. The molecule has 23 heavy (non-hydrogen) atoms. The number of fused-ring (bicyclic) bond motifs is 1. The van der Waals surface area contributed by atoms with Crippen LogP contribution in [0.3, 0.4) is 0 Å². The number of hydrogen-bond acceptors (Lipinski definition) is 4. The summed E-state index contributed by atoms with van der Waals surface area (Å²) < 4.78 is 5.70. The molecular weight excluding hydrogens is 288 g/mol. The van der Waals surface area contributed by atoms with Gasteiger partial charge < -0.3 is 14.7 Å². The van der Waals surface area contributed by atoms with Crippen molar-refractivity contribution in [1.82, 2.24) is 4.98 Å². The zero-order chi connectivity index (χ0) is 15.9. The number of ether oxygens (including phenoxy) is 1. The van der Waals surface area contributed by atoms with Gasteiger partial charge in [0.05, 0.1) is 17.7 Å². The number of nitrogens with zero attached hydrogens (tertiary/aromatic N) is 2. The third kappa shape index (κ3) is 2.60. The van der Waals surface area contributed by atoms with E-state index in [2.05, 4.69) is 34.1 Å². The fourth-order valence-corrected chi connectivity index (χ4v) is 4.22. The lowest BCUT2D eigenvalue weighted by Crippen LogP contribution is -2.52. The van der Waals surface area contributed by atoms with E-state index in [4.69, 9.17) is 4.74 Å². The first kappa shape index (κ1) is 14.9. The Hall–Kier alpha value is -1.65. The molecule has 2 aromatic rings. The summed E-state index contributed by atoms with van der Waals surface area (Å²) in [6.07, 6.45) is 4.89. The van der Waals surface area contributed by atoms with Crippen LogP contribution in [0.4, 0.5) is 5.69 Å². The number of para-hydroxylation sites is 1. The lowest BCUT2D eigenvalue weighted by Gasteiger charge is -2.44. The first-order valence-electron chi connectivity index (χ1n) is 8.57. The van der Waals surface area contributed by atoms with Gasteiger partial charge in [0.15, 0.2) is 0 Å². The maximum absolute atomic E-state index is 10.9. The van der Waals surface area contributed by atoms with Crippen molar-refractivity contribution >= 4 is 16.6 Å². The molecular formula is C19H24N2O2. The van der Waals surface area contributed by atoms with Gasteiger partial charge in [-0.25, -0.2) is 0 Å². The van der Waals surface area contributed by atoms with Crippen molar-refractivity contribution < 1.29 is 9.84 Å². The van der Waals surface area contributed by atoms with Crippen LogP contribution in [0.2, 0.25) is 0 Å². The maximum Gasteiger partial charge on any atom is 0.0722 e. The number of benzene rings is 1. The highest BCUT2D eigenvalue weighted by molar-refractivity contribution is 5.91. The molecule has 3 atom stereocenters. The van der Waals surface area contributed by atoms with Gasteiger partial charge in [-0.05, 0) is 38.3 Å². The van der Waals surface area contributed by atoms with E-state index < -0.39 is 5.60 Å². The minimum absolute atomic E-state index is 0.158. The fraction of sp³-hybridized carbons (Fsp3) is 0.526. The van der Waals surface area contributed by atoms with Crippen molar-refractivity contribution in [3.8, 4) is 0 Å². The van der Waals surface area contributed by atoms with E-state index in [9.17, 15) is 5.11 Å². The van der Waals surface area contributed by atoms with Crippen molar-refractivity contribution in [2.45, 2.75) is 37.8 Å². The monoisotopic (exact) mass is 312 g/mol. The number of pyridine rings is 1. The van der Waals surface area contributed by atoms with Crippen molar-refractivity contribution in [3.63, 3.8) is 0 Å². The van der Waals surface area contributed by atoms with Gasteiger partial charge >= 0.3 is 0 Å². The summed E-state index contributed by atoms with van der Waals surface area (Å²) in [6, 6.07) is 10.7. The molecule has 2 aliphatic rings.